The molecule has 4 rings (SSSR count). The van der Waals surface area contributed by atoms with Crippen molar-refractivity contribution in [3.05, 3.63) is 58.4 Å². The van der Waals surface area contributed by atoms with Crippen LogP contribution in [0.1, 0.15) is 28.2 Å². The van der Waals surface area contributed by atoms with Gasteiger partial charge < -0.3 is 10.6 Å². The van der Waals surface area contributed by atoms with Gasteiger partial charge in [0, 0.05) is 24.2 Å². The van der Waals surface area contributed by atoms with Crippen molar-refractivity contribution in [2.45, 2.75) is 44.1 Å². The van der Waals surface area contributed by atoms with Crippen molar-refractivity contribution < 1.29 is 40.8 Å². The first-order valence-corrected chi connectivity index (χ1v) is 11.5. The van der Waals surface area contributed by atoms with Crippen LogP contribution in [0.15, 0.2) is 36.5 Å². The van der Waals surface area contributed by atoms with Gasteiger partial charge in [-0.05, 0) is 48.2 Å². The zero-order valence-corrected chi connectivity index (χ0v) is 19.5. The van der Waals surface area contributed by atoms with Crippen LogP contribution in [0.2, 0.25) is 0 Å². The van der Waals surface area contributed by atoms with Gasteiger partial charge in [-0.2, -0.15) is 26.3 Å². The second kappa shape index (κ2) is 10.0. The summed E-state index contributed by atoms with van der Waals surface area (Å²) < 4.78 is 75.4. The summed E-state index contributed by atoms with van der Waals surface area (Å²) in [6.07, 6.45) is -7.60. The quantitative estimate of drug-likeness (QED) is 0.447. The lowest BCUT2D eigenvalue weighted by atomic mass is 10.0. The van der Waals surface area contributed by atoms with Gasteiger partial charge in [0.2, 0.25) is 0 Å². The maximum absolute atomic E-state index is 12.6. The highest BCUT2D eigenvalue weighted by atomic mass is 32.1. The maximum Gasteiger partial charge on any atom is 0.493 e. The van der Waals surface area contributed by atoms with E-state index >= 15 is 0 Å². The maximum atomic E-state index is 12.6. The van der Waals surface area contributed by atoms with E-state index in [9.17, 15) is 35.9 Å². The fraction of sp³-hybridized carbons (Fsp3) is 0.318. The van der Waals surface area contributed by atoms with Crippen molar-refractivity contribution in [1.29, 1.82) is 0 Å². The number of nitrogens with two attached hydrogens (primary N) is 1. The Morgan fingerprint density at radius 1 is 1.14 bits per heavy atom. The molecule has 0 saturated heterocycles. The molecule has 3 heterocycles. The Labute approximate surface area is 209 Å². The number of carbonyl (C=O) groups excluding carboxylic acids is 2. The number of benzene rings is 1. The van der Waals surface area contributed by atoms with E-state index in [-0.39, 0.29) is 18.2 Å². The molecule has 8 nitrogen and oxygen atoms in total. The first-order chi connectivity index (χ1) is 17.3. The van der Waals surface area contributed by atoms with Gasteiger partial charge in [0.15, 0.2) is 0 Å². The number of hydrogen-bond acceptors (Lipinski definition) is 8. The minimum Gasteiger partial charge on any atom is -0.327 e. The fourth-order valence-corrected chi connectivity index (χ4v) is 4.41. The molecule has 3 aromatic rings. The number of hydrogen-bond donors (Lipinski definition) is 1. The van der Waals surface area contributed by atoms with E-state index in [0.29, 0.717) is 51.0 Å². The number of pyridine rings is 1. The molecule has 0 radical (unpaired) electrons. The van der Waals surface area contributed by atoms with Gasteiger partial charge in [0.1, 0.15) is 15.7 Å². The van der Waals surface area contributed by atoms with Gasteiger partial charge in [-0.15, -0.1) is 15.3 Å². The van der Waals surface area contributed by atoms with Crippen LogP contribution in [0.3, 0.4) is 0 Å². The van der Waals surface area contributed by atoms with E-state index < -0.39 is 29.9 Å². The third-order valence-corrected chi connectivity index (χ3v) is 6.36. The third kappa shape index (κ3) is 6.22. The molecule has 196 valence electrons. The van der Waals surface area contributed by atoms with Gasteiger partial charge >= 0.3 is 18.3 Å². The van der Waals surface area contributed by atoms with Crippen LogP contribution in [0.5, 0.6) is 0 Å². The molecule has 2 aromatic heterocycles. The average Bonchev–Trinajstić information content (AvgIpc) is 3.41. The van der Waals surface area contributed by atoms with Crippen LogP contribution in [0.25, 0.3) is 10.6 Å². The van der Waals surface area contributed by atoms with Crippen LogP contribution in [-0.4, -0.2) is 39.3 Å². The molecule has 0 fully saturated rings. The summed E-state index contributed by atoms with van der Waals surface area (Å²) in [5.74, 6) is -3.32. The van der Waals surface area contributed by atoms with Crippen molar-refractivity contribution in [2.24, 2.45) is 5.73 Å². The number of hydroxylamine groups is 1. The standard InChI is InChI=1S/C22H17F6N5O3S/c23-21(24,25)16-5-1-11(10-30-16)7-14(29)3-6-17-31-32-19(37-17)12-2-4-15-13(8-12)9-18(34)33(15)36-20(35)22(26,27)28/h1-2,4-5,8,10,14H,3,6-7,9,29H2/t14-/m1/s1. The van der Waals surface area contributed by atoms with Gasteiger partial charge in [0.25, 0.3) is 5.91 Å². The lowest BCUT2D eigenvalue weighted by molar-refractivity contribution is -0.201. The van der Waals surface area contributed by atoms with Crippen molar-refractivity contribution in [3.8, 4) is 10.6 Å². The minimum atomic E-state index is -5.25. The molecule has 1 aliphatic rings. The predicted octanol–water partition coefficient (Wildman–Crippen LogP) is 4.03. The number of nitrogens with zero attached hydrogens (tertiary/aromatic N) is 4. The summed E-state index contributed by atoms with van der Waals surface area (Å²) in [6, 6.07) is 6.31. The van der Waals surface area contributed by atoms with Crippen molar-refractivity contribution in [2.75, 3.05) is 5.06 Å². The van der Waals surface area contributed by atoms with Crippen LogP contribution in [0.4, 0.5) is 32.0 Å². The molecule has 2 N–H and O–H groups in total. The number of rotatable bonds is 7. The number of fused-ring (bicyclic) bond motifs is 1. The molecular weight excluding hydrogens is 528 g/mol. The molecular formula is C22H17F6N5O3S. The summed E-state index contributed by atoms with van der Waals surface area (Å²) in [5.41, 5.74) is 6.66. The number of anilines is 1. The highest BCUT2D eigenvalue weighted by Crippen LogP contribution is 2.35. The van der Waals surface area contributed by atoms with Crippen LogP contribution in [0, 0.1) is 0 Å². The molecule has 37 heavy (non-hydrogen) atoms. The molecule has 1 amide bonds. The summed E-state index contributed by atoms with van der Waals surface area (Å²) >= 11 is 1.25. The number of aromatic nitrogens is 3. The molecule has 1 aliphatic heterocycles. The Bertz CT molecular complexity index is 1310. The number of carbonyl (C=O) groups is 2. The minimum absolute atomic E-state index is 0.0276. The predicted molar refractivity (Wildman–Crippen MR) is 118 cm³/mol. The molecule has 0 saturated carbocycles. The molecule has 1 aromatic carbocycles. The zero-order valence-electron chi connectivity index (χ0n) is 18.6. The third-order valence-electron chi connectivity index (χ3n) is 5.33. The molecule has 0 spiro atoms. The molecule has 15 heteroatoms. The van der Waals surface area contributed by atoms with Gasteiger partial charge in [-0.3, -0.25) is 9.78 Å². The van der Waals surface area contributed by atoms with Gasteiger partial charge in [-0.1, -0.05) is 17.4 Å². The second-order valence-corrected chi connectivity index (χ2v) is 9.20. The summed E-state index contributed by atoms with van der Waals surface area (Å²) in [7, 11) is 0. The highest BCUT2D eigenvalue weighted by Gasteiger charge is 2.45. The van der Waals surface area contributed by atoms with E-state index in [2.05, 4.69) is 20.0 Å². The Hall–Kier alpha value is -3.59. The van der Waals surface area contributed by atoms with E-state index in [0.717, 1.165) is 12.3 Å². The summed E-state index contributed by atoms with van der Waals surface area (Å²) in [6.45, 7) is 0. The normalized spacial score (nSPS) is 14.6. The van der Waals surface area contributed by atoms with E-state index in [1.807, 2.05) is 0 Å². The first-order valence-electron chi connectivity index (χ1n) is 10.7. The molecule has 0 aliphatic carbocycles. The van der Waals surface area contributed by atoms with Crippen molar-refractivity contribution in [3.63, 3.8) is 0 Å². The van der Waals surface area contributed by atoms with E-state index in [4.69, 9.17) is 5.73 Å². The topological polar surface area (TPSA) is 111 Å². The molecule has 1 atom stereocenters. The number of aryl methyl sites for hydroxylation is 1. The fourth-order valence-electron chi connectivity index (χ4n) is 3.56. The Morgan fingerprint density at radius 2 is 1.89 bits per heavy atom. The highest BCUT2D eigenvalue weighted by molar-refractivity contribution is 7.14. The smallest absolute Gasteiger partial charge is 0.327 e. The van der Waals surface area contributed by atoms with Crippen molar-refractivity contribution >= 4 is 28.9 Å². The number of halogens is 6. The average molecular weight is 545 g/mol. The number of alkyl halides is 6. The Balaban J connectivity index is 1.36. The van der Waals surface area contributed by atoms with E-state index in [1.54, 1.807) is 6.07 Å². The lowest BCUT2D eigenvalue weighted by Crippen LogP contribution is -2.36. The van der Waals surface area contributed by atoms with Crippen LogP contribution < -0.4 is 10.8 Å². The van der Waals surface area contributed by atoms with Gasteiger partial charge in [-0.25, -0.2) is 4.79 Å². The van der Waals surface area contributed by atoms with Crippen LogP contribution in [-0.2, 0) is 39.9 Å². The first kappa shape index (κ1) is 26.5. The van der Waals surface area contributed by atoms with Gasteiger partial charge in [0.05, 0.1) is 12.1 Å². The Morgan fingerprint density at radius 3 is 2.54 bits per heavy atom. The van der Waals surface area contributed by atoms with E-state index in [1.165, 1.54) is 29.5 Å². The summed E-state index contributed by atoms with van der Waals surface area (Å²) in [5, 5.41) is 9.68. The Kier molecular flexibility index (Phi) is 7.19. The molecule has 0 unspecified atom stereocenters. The monoisotopic (exact) mass is 545 g/mol. The largest absolute Gasteiger partial charge is 0.493 e. The second-order valence-electron chi connectivity index (χ2n) is 8.14. The zero-order chi connectivity index (χ0) is 27.0. The lowest BCUT2D eigenvalue weighted by Gasteiger charge is -2.17. The number of amides is 1. The molecule has 0 bridgehead atoms. The van der Waals surface area contributed by atoms with Crippen LogP contribution >= 0.6 is 11.3 Å². The van der Waals surface area contributed by atoms with Crippen molar-refractivity contribution in [1.82, 2.24) is 15.2 Å². The summed E-state index contributed by atoms with van der Waals surface area (Å²) in [4.78, 5) is 30.8. The SMILES string of the molecule is N[C@H](CCc1nnc(-c2ccc3c(c2)CC(=O)N3OC(=O)C(F)(F)F)s1)Cc1ccc(C(F)(F)F)nc1.